The highest BCUT2D eigenvalue weighted by Crippen LogP contribution is 2.32. The van der Waals surface area contributed by atoms with Gasteiger partial charge < -0.3 is 20.1 Å². The number of aliphatic hydroxyl groups excluding tert-OH is 1. The maximum Gasteiger partial charge on any atom is 0.238 e. The predicted molar refractivity (Wildman–Crippen MR) is 88.0 cm³/mol. The molecule has 1 unspecified atom stereocenters. The summed E-state index contributed by atoms with van der Waals surface area (Å²) in [5.74, 6) is 1.20. The first-order chi connectivity index (χ1) is 11.2. The molecule has 0 radical (unpaired) electrons. The van der Waals surface area contributed by atoms with Gasteiger partial charge in [0.15, 0.2) is 5.82 Å². The first kappa shape index (κ1) is 14.0. The second-order valence-electron chi connectivity index (χ2n) is 5.77. The van der Waals surface area contributed by atoms with Gasteiger partial charge in [0, 0.05) is 36.6 Å². The molecule has 2 aromatic rings. The maximum absolute atomic E-state index is 10.1. The number of rotatable bonds is 2. The minimum atomic E-state index is -0.349. The molecule has 4 rings (SSSR count). The van der Waals surface area contributed by atoms with E-state index in [-0.39, 0.29) is 12.0 Å². The summed E-state index contributed by atoms with van der Waals surface area (Å²) in [6.45, 7) is 1.34. The summed E-state index contributed by atoms with van der Waals surface area (Å²) in [6.07, 6.45) is 6.60. The number of aliphatic hydroxyl groups is 1. The highest BCUT2D eigenvalue weighted by Gasteiger charge is 2.22. The van der Waals surface area contributed by atoms with E-state index in [0.717, 1.165) is 30.5 Å². The third-order valence-corrected chi connectivity index (χ3v) is 4.12. The minimum absolute atomic E-state index is 0.0571. The lowest BCUT2D eigenvalue weighted by atomic mass is 10.1. The van der Waals surface area contributed by atoms with Crippen molar-refractivity contribution in [2.75, 3.05) is 18.0 Å². The number of anilines is 1. The van der Waals surface area contributed by atoms with Crippen molar-refractivity contribution in [2.24, 2.45) is 4.99 Å². The zero-order valence-electron chi connectivity index (χ0n) is 12.5. The Bertz CT molecular complexity index is 796. The van der Waals surface area contributed by atoms with Gasteiger partial charge in [-0.15, -0.1) is 0 Å². The lowest BCUT2D eigenvalue weighted by Gasteiger charge is -2.29. The number of aromatic nitrogens is 3. The van der Waals surface area contributed by atoms with E-state index in [9.17, 15) is 10.2 Å². The maximum atomic E-state index is 10.1. The number of imidazole rings is 1. The molecule has 1 atom stereocenters. The normalized spacial score (nSPS) is 21.9. The smallest absolute Gasteiger partial charge is 0.238 e. The van der Waals surface area contributed by atoms with E-state index in [2.05, 4.69) is 19.9 Å². The molecular formula is C16H17N5O2. The molecule has 23 heavy (non-hydrogen) atoms. The number of piperidine rings is 1. The van der Waals surface area contributed by atoms with Crippen LogP contribution in [0.1, 0.15) is 24.1 Å². The first-order valence-corrected chi connectivity index (χ1v) is 7.64. The number of aromatic amines is 1. The van der Waals surface area contributed by atoms with Crippen LogP contribution < -0.4 is 4.90 Å². The summed E-state index contributed by atoms with van der Waals surface area (Å²) in [7, 11) is 0. The Hall–Kier alpha value is -2.67. The molecule has 0 amide bonds. The SMILES string of the molecule is Oc1nc(N2CCCC(O)C2)[nH]c1C=C1C=Nc2ncccc21. The molecule has 0 bridgehead atoms. The van der Waals surface area contributed by atoms with Crippen LogP contribution in [0.2, 0.25) is 0 Å². The number of hydrogen-bond acceptors (Lipinski definition) is 6. The highest BCUT2D eigenvalue weighted by atomic mass is 16.3. The Morgan fingerprint density at radius 2 is 2.30 bits per heavy atom. The quantitative estimate of drug-likeness (QED) is 0.784. The van der Waals surface area contributed by atoms with Gasteiger partial charge in [0.05, 0.1) is 6.10 Å². The fraction of sp³-hybridized carbons (Fsp3) is 0.312. The third-order valence-electron chi connectivity index (χ3n) is 4.12. The fourth-order valence-electron chi connectivity index (χ4n) is 2.96. The van der Waals surface area contributed by atoms with Crippen molar-refractivity contribution in [3.63, 3.8) is 0 Å². The molecule has 7 heteroatoms. The van der Waals surface area contributed by atoms with Gasteiger partial charge in [-0.25, -0.2) is 9.98 Å². The van der Waals surface area contributed by atoms with Crippen molar-refractivity contribution < 1.29 is 10.2 Å². The summed E-state index contributed by atoms with van der Waals surface area (Å²) in [5.41, 5.74) is 2.33. The van der Waals surface area contributed by atoms with Gasteiger partial charge in [0.1, 0.15) is 5.69 Å². The van der Waals surface area contributed by atoms with Crippen LogP contribution in [-0.2, 0) is 0 Å². The molecule has 118 valence electrons. The molecule has 3 N–H and O–H groups in total. The number of pyridine rings is 1. The predicted octanol–water partition coefficient (Wildman–Crippen LogP) is 1.73. The van der Waals surface area contributed by atoms with Gasteiger partial charge in [-0.3, -0.25) is 0 Å². The number of nitrogens with one attached hydrogen (secondary N) is 1. The number of H-pyrrole nitrogens is 1. The number of allylic oxidation sites excluding steroid dienone is 1. The number of β-amino-alcohol motifs (C(OH)–C–C–N with tert-alkyl or cyclic N) is 1. The number of fused-ring (bicyclic) bond motifs is 1. The van der Waals surface area contributed by atoms with Crippen LogP contribution in [0.25, 0.3) is 11.6 Å². The Morgan fingerprint density at radius 3 is 3.17 bits per heavy atom. The van der Waals surface area contributed by atoms with Crippen LogP contribution in [0, 0.1) is 0 Å². The second-order valence-corrected chi connectivity index (χ2v) is 5.77. The molecule has 7 nitrogen and oxygen atoms in total. The summed E-state index contributed by atoms with van der Waals surface area (Å²) >= 11 is 0. The number of nitrogens with zero attached hydrogens (tertiary/aromatic N) is 4. The molecule has 2 aliphatic rings. The van der Waals surface area contributed by atoms with E-state index >= 15 is 0 Å². The molecule has 0 aromatic carbocycles. The summed E-state index contributed by atoms with van der Waals surface area (Å²) in [4.78, 5) is 17.7. The van der Waals surface area contributed by atoms with Crippen LogP contribution in [0.15, 0.2) is 23.3 Å². The lowest BCUT2D eigenvalue weighted by Crippen LogP contribution is -2.38. The summed E-state index contributed by atoms with van der Waals surface area (Å²) in [5, 5.41) is 19.9. The first-order valence-electron chi connectivity index (χ1n) is 7.64. The Morgan fingerprint density at radius 1 is 1.39 bits per heavy atom. The summed E-state index contributed by atoms with van der Waals surface area (Å²) in [6, 6.07) is 3.80. The molecule has 2 aliphatic heterocycles. The van der Waals surface area contributed by atoms with Gasteiger partial charge in [-0.05, 0) is 31.1 Å². The Kier molecular flexibility index (Phi) is 3.34. The monoisotopic (exact) mass is 311 g/mol. The zero-order chi connectivity index (χ0) is 15.8. The van der Waals surface area contributed by atoms with Crippen molar-refractivity contribution in [1.82, 2.24) is 15.0 Å². The van der Waals surface area contributed by atoms with Crippen LogP contribution in [0.5, 0.6) is 5.88 Å². The van der Waals surface area contributed by atoms with Crippen molar-refractivity contribution in [3.8, 4) is 5.88 Å². The van der Waals surface area contributed by atoms with E-state index in [1.54, 1.807) is 12.4 Å². The van der Waals surface area contributed by atoms with Crippen molar-refractivity contribution >= 4 is 29.6 Å². The Labute approximate surface area is 133 Å². The van der Waals surface area contributed by atoms with E-state index in [0.29, 0.717) is 24.0 Å². The van der Waals surface area contributed by atoms with Gasteiger partial charge >= 0.3 is 0 Å². The van der Waals surface area contributed by atoms with Crippen molar-refractivity contribution in [1.29, 1.82) is 0 Å². The number of hydrogen-bond donors (Lipinski definition) is 3. The largest absolute Gasteiger partial charge is 0.492 e. The van der Waals surface area contributed by atoms with Crippen LogP contribution >= 0.6 is 0 Å². The third kappa shape index (κ3) is 2.59. The zero-order valence-corrected chi connectivity index (χ0v) is 12.5. The standard InChI is InChI=1S/C16H17N5O2/c22-11-3-2-6-21(9-11)16-19-13(15(23)20-16)7-10-8-18-14-12(10)4-1-5-17-14/h1,4-5,7-8,11,22-23H,2-3,6,9H2,(H,19,20). The molecule has 0 saturated carbocycles. The van der Waals surface area contributed by atoms with E-state index in [1.165, 1.54) is 0 Å². The lowest BCUT2D eigenvalue weighted by molar-refractivity contribution is 0.153. The topological polar surface area (TPSA) is 97.6 Å². The van der Waals surface area contributed by atoms with Gasteiger partial charge in [0.2, 0.25) is 11.8 Å². The van der Waals surface area contributed by atoms with E-state index < -0.39 is 0 Å². The molecular weight excluding hydrogens is 294 g/mol. The summed E-state index contributed by atoms with van der Waals surface area (Å²) < 4.78 is 0. The van der Waals surface area contributed by atoms with E-state index in [1.807, 2.05) is 23.1 Å². The van der Waals surface area contributed by atoms with Gasteiger partial charge in [-0.2, -0.15) is 4.98 Å². The van der Waals surface area contributed by atoms with Gasteiger partial charge in [-0.1, -0.05) is 0 Å². The molecule has 1 fully saturated rings. The highest BCUT2D eigenvalue weighted by molar-refractivity contribution is 6.20. The van der Waals surface area contributed by atoms with Crippen LogP contribution in [-0.4, -0.2) is 50.6 Å². The van der Waals surface area contributed by atoms with Crippen molar-refractivity contribution in [2.45, 2.75) is 18.9 Å². The van der Waals surface area contributed by atoms with Gasteiger partial charge in [0.25, 0.3) is 0 Å². The molecule has 0 spiro atoms. The number of aliphatic imine (C=N–C) groups is 1. The van der Waals surface area contributed by atoms with Crippen LogP contribution in [0.4, 0.5) is 11.8 Å². The molecule has 2 aromatic heterocycles. The Balaban J connectivity index is 1.64. The average molecular weight is 311 g/mol. The second kappa shape index (κ2) is 5.51. The number of aromatic hydroxyl groups is 1. The van der Waals surface area contributed by atoms with Crippen LogP contribution in [0.3, 0.4) is 0 Å². The minimum Gasteiger partial charge on any atom is -0.492 e. The molecule has 0 aliphatic carbocycles. The van der Waals surface area contributed by atoms with E-state index in [4.69, 9.17) is 0 Å². The fourth-order valence-corrected chi connectivity index (χ4v) is 2.96. The molecule has 4 heterocycles. The van der Waals surface area contributed by atoms with Crippen molar-refractivity contribution in [3.05, 3.63) is 29.6 Å². The molecule has 1 saturated heterocycles. The average Bonchev–Trinajstić information content (AvgIpc) is 3.13.